The number of allylic oxidation sites excluding steroid dienone is 1. The number of piperidine rings is 1. The molecular formula is C16H26N2O2. The summed E-state index contributed by atoms with van der Waals surface area (Å²) in [6.07, 6.45) is 6.13. The molecule has 0 bridgehead atoms. The molecule has 0 spiro atoms. The van der Waals surface area contributed by atoms with Crippen LogP contribution in [0.1, 0.15) is 52.9 Å². The summed E-state index contributed by atoms with van der Waals surface area (Å²) in [4.78, 5) is 26.6. The largest absolute Gasteiger partial charge is 0.355 e. The van der Waals surface area contributed by atoms with Crippen LogP contribution in [0.3, 0.4) is 0 Å². The molecule has 1 N–H and O–H groups in total. The van der Waals surface area contributed by atoms with E-state index in [1.54, 1.807) is 0 Å². The lowest BCUT2D eigenvalue weighted by molar-refractivity contribution is -0.140. The second kappa shape index (κ2) is 5.98. The Kier molecular flexibility index (Phi) is 4.51. The zero-order valence-electron chi connectivity index (χ0n) is 12.9. The van der Waals surface area contributed by atoms with E-state index in [2.05, 4.69) is 25.2 Å². The van der Waals surface area contributed by atoms with Crippen LogP contribution in [-0.4, -0.2) is 29.8 Å². The van der Waals surface area contributed by atoms with E-state index in [1.165, 1.54) is 0 Å². The van der Waals surface area contributed by atoms with Gasteiger partial charge in [-0.1, -0.05) is 19.9 Å². The second-order valence-electron chi connectivity index (χ2n) is 6.31. The van der Waals surface area contributed by atoms with E-state index in [1.807, 2.05) is 11.8 Å². The summed E-state index contributed by atoms with van der Waals surface area (Å²) in [5, 5.41) is 3.08. The molecule has 1 aliphatic carbocycles. The zero-order valence-corrected chi connectivity index (χ0v) is 12.9. The van der Waals surface area contributed by atoms with Crippen molar-refractivity contribution in [1.82, 2.24) is 10.2 Å². The summed E-state index contributed by atoms with van der Waals surface area (Å²) in [5.74, 6) is 0.718. The van der Waals surface area contributed by atoms with E-state index in [9.17, 15) is 9.59 Å². The van der Waals surface area contributed by atoms with Gasteiger partial charge in [-0.25, -0.2) is 0 Å². The first-order valence-electron chi connectivity index (χ1n) is 7.80. The fourth-order valence-electron chi connectivity index (χ4n) is 3.33. The Morgan fingerprint density at radius 2 is 2.20 bits per heavy atom. The molecule has 1 saturated heterocycles. The van der Waals surface area contributed by atoms with Crippen LogP contribution < -0.4 is 5.32 Å². The Morgan fingerprint density at radius 1 is 1.45 bits per heavy atom. The van der Waals surface area contributed by atoms with E-state index in [4.69, 9.17) is 0 Å². The highest BCUT2D eigenvalue weighted by Gasteiger charge is 2.48. The van der Waals surface area contributed by atoms with Crippen molar-refractivity contribution >= 4 is 11.8 Å². The van der Waals surface area contributed by atoms with Gasteiger partial charge in [0.2, 0.25) is 11.8 Å². The van der Waals surface area contributed by atoms with Crippen LogP contribution in [0.4, 0.5) is 0 Å². The molecule has 1 fully saturated rings. The number of hydrogen-bond donors (Lipinski definition) is 1. The Labute approximate surface area is 121 Å². The lowest BCUT2D eigenvalue weighted by atomic mass is 9.69. The minimum absolute atomic E-state index is 0.114. The highest BCUT2D eigenvalue weighted by atomic mass is 16.2. The molecule has 1 unspecified atom stereocenters. The van der Waals surface area contributed by atoms with Crippen molar-refractivity contribution in [2.45, 2.75) is 52.9 Å². The number of hydrogen-bond acceptors (Lipinski definition) is 2. The van der Waals surface area contributed by atoms with Crippen molar-refractivity contribution in [2.75, 3.05) is 13.1 Å². The highest BCUT2D eigenvalue weighted by molar-refractivity contribution is 5.91. The molecule has 20 heavy (non-hydrogen) atoms. The number of likely N-dealkylation sites (tertiary alicyclic amines) is 1. The SMILES string of the molecule is CCN1C(=O)CCC2(C(=O)NCC(C)C)CCCC=C12. The van der Waals surface area contributed by atoms with Gasteiger partial charge in [0.15, 0.2) is 0 Å². The molecule has 0 aromatic heterocycles. The molecule has 1 atom stereocenters. The summed E-state index contributed by atoms with van der Waals surface area (Å²) in [6.45, 7) is 7.53. The molecule has 112 valence electrons. The molecule has 0 aromatic rings. The summed E-state index contributed by atoms with van der Waals surface area (Å²) < 4.78 is 0. The lowest BCUT2D eigenvalue weighted by Crippen LogP contribution is -2.53. The quantitative estimate of drug-likeness (QED) is 0.858. The zero-order chi connectivity index (χ0) is 14.8. The number of fused-ring (bicyclic) bond motifs is 1. The number of amides is 2. The van der Waals surface area contributed by atoms with E-state index in [0.717, 1.165) is 25.0 Å². The smallest absolute Gasteiger partial charge is 0.232 e. The van der Waals surface area contributed by atoms with Gasteiger partial charge in [-0.15, -0.1) is 0 Å². The third-order valence-corrected chi connectivity index (χ3v) is 4.41. The third kappa shape index (κ3) is 2.60. The first-order chi connectivity index (χ1) is 9.51. The highest BCUT2D eigenvalue weighted by Crippen LogP contribution is 2.46. The predicted octanol–water partition coefficient (Wildman–Crippen LogP) is 2.46. The van der Waals surface area contributed by atoms with Gasteiger partial charge in [0.25, 0.3) is 0 Å². The van der Waals surface area contributed by atoms with Crippen molar-refractivity contribution < 1.29 is 9.59 Å². The van der Waals surface area contributed by atoms with Crippen molar-refractivity contribution in [1.29, 1.82) is 0 Å². The molecule has 1 heterocycles. The predicted molar refractivity (Wildman–Crippen MR) is 78.8 cm³/mol. The number of carbonyl (C=O) groups is 2. The van der Waals surface area contributed by atoms with Crippen molar-refractivity contribution in [3.05, 3.63) is 11.8 Å². The number of carbonyl (C=O) groups excluding carboxylic acids is 2. The van der Waals surface area contributed by atoms with Crippen LogP contribution in [0.2, 0.25) is 0 Å². The van der Waals surface area contributed by atoms with Gasteiger partial charge in [-0.05, 0) is 38.5 Å². The minimum Gasteiger partial charge on any atom is -0.355 e. The van der Waals surface area contributed by atoms with Crippen molar-refractivity contribution in [3.63, 3.8) is 0 Å². The van der Waals surface area contributed by atoms with E-state index in [-0.39, 0.29) is 11.8 Å². The third-order valence-electron chi connectivity index (χ3n) is 4.41. The molecule has 2 amide bonds. The Balaban J connectivity index is 2.26. The van der Waals surface area contributed by atoms with Gasteiger partial charge >= 0.3 is 0 Å². The van der Waals surface area contributed by atoms with Crippen LogP contribution >= 0.6 is 0 Å². The molecule has 2 aliphatic rings. The first-order valence-corrected chi connectivity index (χ1v) is 7.80. The van der Waals surface area contributed by atoms with Gasteiger partial charge in [-0.3, -0.25) is 9.59 Å². The Bertz CT molecular complexity index is 428. The molecule has 0 radical (unpaired) electrons. The molecule has 0 aromatic carbocycles. The van der Waals surface area contributed by atoms with Crippen LogP contribution in [-0.2, 0) is 9.59 Å². The van der Waals surface area contributed by atoms with Gasteiger partial charge in [0, 0.05) is 25.2 Å². The molecule has 4 heteroatoms. The van der Waals surface area contributed by atoms with Crippen molar-refractivity contribution in [2.24, 2.45) is 11.3 Å². The van der Waals surface area contributed by atoms with E-state index in [0.29, 0.717) is 31.8 Å². The monoisotopic (exact) mass is 278 g/mol. The van der Waals surface area contributed by atoms with Crippen LogP contribution in [0, 0.1) is 11.3 Å². The molecule has 1 aliphatic heterocycles. The summed E-state index contributed by atoms with van der Waals surface area (Å²) in [5.41, 5.74) is 0.501. The minimum atomic E-state index is -0.461. The fourth-order valence-corrected chi connectivity index (χ4v) is 3.33. The average molecular weight is 278 g/mol. The summed E-state index contributed by atoms with van der Waals surface area (Å²) in [6, 6.07) is 0. The van der Waals surface area contributed by atoms with Gasteiger partial charge in [-0.2, -0.15) is 0 Å². The van der Waals surface area contributed by atoms with Crippen LogP contribution in [0.15, 0.2) is 11.8 Å². The number of rotatable bonds is 4. The van der Waals surface area contributed by atoms with Gasteiger partial charge in [0.1, 0.15) is 0 Å². The Morgan fingerprint density at radius 3 is 2.85 bits per heavy atom. The van der Waals surface area contributed by atoms with E-state index < -0.39 is 5.41 Å². The average Bonchev–Trinajstić information content (AvgIpc) is 2.44. The molecular weight excluding hydrogens is 252 g/mol. The van der Waals surface area contributed by atoms with Crippen molar-refractivity contribution in [3.8, 4) is 0 Å². The van der Waals surface area contributed by atoms with Gasteiger partial charge in [0.05, 0.1) is 5.41 Å². The van der Waals surface area contributed by atoms with E-state index >= 15 is 0 Å². The maximum atomic E-state index is 12.7. The molecule has 0 saturated carbocycles. The normalized spacial score (nSPS) is 26.3. The first kappa shape index (κ1) is 15.1. The topological polar surface area (TPSA) is 49.4 Å². The standard InChI is InChI=1S/C16H26N2O2/c1-4-18-13-7-5-6-9-16(13,10-8-14(18)19)15(20)17-11-12(2)3/h7,12H,4-6,8-11H2,1-3H3,(H,17,20). The molecule has 4 nitrogen and oxygen atoms in total. The molecule has 2 rings (SSSR count). The fraction of sp³-hybridized carbons (Fsp3) is 0.750. The lowest BCUT2D eigenvalue weighted by Gasteiger charge is -2.45. The second-order valence-corrected chi connectivity index (χ2v) is 6.31. The number of nitrogens with one attached hydrogen (secondary N) is 1. The van der Waals surface area contributed by atoms with Crippen LogP contribution in [0.25, 0.3) is 0 Å². The van der Waals surface area contributed by atoms with Crippen LogP contribution in [0.5, 0.6) is 0 Å². The summed E-state index contributed by atoms with van der Waals surface area (Å²) >= 11 is 0. The maximum absolute atomic E-state index is 12.7. The van der Waals surface area contributed by atoms with Gasteiger partial charge < -0.3 is 10.2 Å². The Hall–Kier alpha value is -1.32. The maximum Gasteiger partial charge on any atom is 0.232 e. The summed E-state index contributed by atoms with van der Waals surface area (Å²) in [7, 11) is 0. The number of nitrogens with zero attached hydrogens (tertiary/aromatic N) is 1.